The number of hydrogen-bond donors (Lipinski definition) is 0. The maximum Gasteiger partial charge on any atom is 0.192 e. The molecule has 8 nitrogen and oxygen atoms in total. The minimum Gasteiger partial charge on any atom is -0.497 e. The monoisotopic (exact) mass is 675 g/mol. The van der Waals surface area contributed by atoms with E-state index in [4.69, 9.17) is 23.1 Å². The maximum absolute atomic E-state index is 9.65. The van der Waals surface area contributed by atoms with E-state index in [0.29, 0.717) is 0 Å². The van der Waals surface area contributed by atoms with Gasteiger partial charge >= 0.3 is 0 Å². The van der Waals surface area contributed by atoms with Crippen molar-refractivity contribution in [3.63, 3.8) is 0 Å². The lowest BCUT2D eigenvalue weighted by molar-refractivity contribution is -0.0793. The van der Waals surface area contributed by atoms with Gasteiger partial charge in [0.2, 0.25) is 0 Å². The number of nitrogens with zero attached hydrogens (tertiary/aromatic N) is 3. The van der Waals surface area contributed by atoms with Gasteiger partial charge in [0.05, 0.1) is 13.7 Å². The van der Waals surface area contributed by atoms with E-state index < -0.39 is 46.8 Å². The van der Waals surface area contributed by atoms with Crippen molar-refractivity contribution in [3.8, 4) is 5.75 Å². The van der Waals surface area contributed by atoms with Crippen LogP contribution in [0.4, 0.5) is 0 Å². The van der Waals surface area contributed by atoms with E-state index in [2.05, 4.69) is 102 Å². The summed E-state index contributed by atoms with van der Waals surface area (Å²) < 4.78 is 33.5. The Kier molecular flexibility index (Phi) is 11.2. The standard InChI is InChI=1S/C37H53N3O5Si2/c1-35(2,3)46(8,9)44-32-31(43-34(39-40-38)33(32)45-47(10,11)36(4,5)6)26-42-37(27-18-14-12-15-19-27,28-20-16-13-17-21-28)29-22-24-30(41-7)25-23-29/h12-25,31-34H,26H2,1-11H3/t31-,32-,33-,34-/m1/s1. The van der Waals surface area contributed by atoms with Crippen molar-refractivity contribution in [2.75, 3.05) is 13.7 Å². The van der Waals surface area contributed by atoms with Crippen molar-refractivity contribution in [2.24, 2.45) is 5.11 Å². The summed E-state index contributed by atoms with van der Waals surface area (Å²) in [5.74, 6) is 0.758. The highest BCUT2D eigenvalue weighted by molar-refractivity contribution is 6.74. The number of hydrogen-bond acceptors (Lipinski definition) is 6. The summed E-state index contributed by atoms with van der Waals surface area (Å²) in [6.45, 7) is 22.3. The number of azide groups is 1. The van der Waals surface area contributed by atoms with Crippen molar-refractivity contribution >= 4 is 16.6 Å². The van der Waals surface area contributed by atoms with Gasteiger partial charge in [-0.3, -0.25) is 0 Å². The third kappa shape index (κ3) is 7.86. The molecule has 0 amide bonds. The Bertz CT molecular complexity index is 1460. The lowest BCUT2D eigenvalue weighted by atomic mass is 9.80. The molecule has 4 rings (SSSR count). The largest absolute Gasteiger partial charge is 0.497 e. The first kappa shape index (κ1) is 36.9. The smallest absolute Gasteiger partial charge is 0.192 e. The van der Waals surface area contributed by atoms with Crippen LogP contribution in [-0.2, 0) is 23.9 Å². The molecule has 0 radical (unpaired) electrons. The minimum atomic E-state index is -2.35. The van der Waals surface area contributed by atoms with Crippen LogP contribution < -0.4 is 4.74 Å². The second-order valence-corrected chi connectivity index (χ2v) is 24.9. The molecule has 0 bridgehead atoms. The second-order valence-electron chi connectivity index (χ2n) is 15.4. The van der Waals surface area contributed by atoms with Crippen LogP contribution >= 0.6 is 0 Å². The topological polar surface area (TPSA) is 94.9 Å². The number of benzene rings is 3. The molecule has 1 saturated heterocycles. The van der Waals surface area contributed by atoms with Crippen LogP contribution in [0.2, 0.25) is 36.3 Å². The summed E-state index contributed by atoms with van der Waals surface area (Å²) in [5.41, 5.74) is 11.5. The van der Waals surface area contributed by atoms with Crippen molar-refractivity contribution in [1.29, 1.82) is 0 Å². The number of methoxy groups -OCH3 is 1. The van der Waals surface area contributed by atoms with Crippen LogP contribution in [0.5, 0.6) is 5.75 Å². The van der Waals surface area contributed by atoms with Gasteiger partial charge in [0, 0.05) is 4.91 Å². The van der Waals surface area contributed by atoms with Crippen LogP contribution in [0.1, 0.15) is 58.2 Å². The van der Waals surface area contributed by atoms with Crippen LogP contribution in [0, 0.1) is 0 Å². The predicted octanol–water partition coefficient (Wildman–Crippen LogP) is 9.82. The molecular weight excluding hydrogens is 623 g/mol. The molecule has 4 atom stereocenters. The number of rotatable bonds is 12. The van der Waals surface area contributed by atoms with Gasteiger partial charge in [0.15, 0.2) is 22.9 Å². The zero-order valence-electron chi connectivity index (χ0n) is 30.0. The fourth-order valence-corrected chi connectivity index (χ4v) is 8.02. The second kappa shape index (κ2) is 14.3. The molecule has 3 aromatic carbocycles. The highest BCUT2D eigenvalue weighted by Gasteiger charge is 2.54. The molecule has 0 aromatic heterocycles. The van der Waals surface area contributed by atoms with Gasteiger partial charge < -0.3 is 23.1 Å². The quantitative estimate of drug-likeness (QED) is 0.0626. The van der Waals surface area contributed by atoms with Gasteiger partial charge in [-0.25, -0.2) is 0 Å². The molecular formula is C37H53N3O5Si2. The van der Waals surface area contributed by atoms with E-state index >= 15 is 0 Å². The summed E-state index contributed by atoms with van der Waals surface area (Å²) in [6.07, 6.45) is -2.53. The molecule has 0 spiro atoms. The van der Waals surface area contributed by atoms with Crippen molar-refractivity contribution in [3.05, 3.63) is 112 Å². The highest BCUT2D eigenvalue weighted by atomic mass is 28.4. The Morgan fingerprint density at radius 3 is 1.57 bits per heavy atom. The molecule has 3 aromatic rings. The Morgan fingerprint density at radius 2 is 1.15 bits per heavy atom. The molecule has 10 heteroatoms. The van der Waals surface area contributed by atoms with Crippen LogP contribution in [0.15, 0.2) is 90.0 Å². The van der Waals surface area contributed by atoms with E-state index in [9.17, 15) is 5.53 Å². The number of ether oxygens (including phenoxy) is 3. The Hall–Kier alpha value is -2.96. The van der Waals surface area contributed by atoms with Gasteiger partial charge in [-0.2, -0.15) is 0 Å². The molecule has 0 unspecified atom stereocenters. The third-order valence-electron chi connectivity index (χ3n) is 10.2. The average Bonchev–Trinajstić information content (AvgIpc) is 3.32. The normalized spacial score (nSPS) is 20.9. The first-order chi connectivity index (χ1) is 22.0. The third-order valence-corrected chi connectivity index (χ3v) is 19.2. The first-order valence-corrected chi connectivity index (χ1v) is 22.2. The molecule has 0 saturated carbocycles. The molecule has 1 aliphatic heterocycles. The van der Waals surface area contributed by atoms with E-state index in [1.807, 2.05) is 60.7 Å². The maximum atomic E-state index is 9.65. The van der Waals surface area contributed by atoms with E-state index in [-0.39, 0.29) is 16.7 Å². The average molecular weight is 676 g/mol. The molecule has 47 heavy (non-hydrogen) atoms. The van der Waals surface area contributed by atoms with Gasteiger partial charge in [0.1, 0.15) is 29.7 Å². The van der Waals surface area contributed by atoms with E-state index in [1.165, 1.54) is 0 Å². The molecule has 254 valence electrons. The fourth-order valence-electron chi connectivity index (χ4n) is 5.42. The molecule has 1 heterocycles. The minimum absolute atomic E-state index is 0.0720. The van der Waals surface area contributed by atoms with Crippen molar-refractivity contribution in [1.82, 2.24) is 0 Å². The summed E-state index contributed by atoms with van der Waals surface area (Å²) >= 11 is 0. The van der Waals surface area contributed by atoms with Crippen molar-refractivity contribution in [2.45, 2.75) is 108 Å². The highest BCUT2D eigenvalue weighted by Crippen LogP contribution is 2.46. The molecule has 0 aliphatic carbocycles. The van der Waals surface area contributed by atoms with E-state index in [0.717, 1.165) is 22.4 Å². The van der Waals surface area contributed by atoms with E-state index in [1.54, 1.807) is 7.11 Å². The summed E-state index contributed by atoms with van der Waals surface area (Å²) in [4.78, 5) is 3.18. The van der Waals surface area contributed by atoms with Gasteiger partial charge in [-0.15, -0.1) is 0 Å². The van der Waals surface area contributed by atoms with Gasteiger partial charge in [-0.05, 0) is 70.6 Å². The Labute approximate surface area is 283 Å². The van der Waals surface area contributed by atoms with Gasteiger partial charge in [-0.1, -0.05) is 119 Å². The molecule has 1 aliphatic rings. The fraction of sp³-hybridized carbons (Fsp3) is 0.514. The van der Waals surface area contributed by atoms with Crippen LogP contribution in [0.25, 0.3) is 10.4 Å². The predicted molar refractivity (Wildman–Crippen MR) is 194 cm³/mol. The zero-order chi connectivity index (χ0) is 34.7. The zero-order valence-corrected chi connectivity index (χ0v) is 32.0. The summed E-state index contributed by atoms with van der Waals surface area (Å²) in [5, 5.41) is 3.98. The molecule has 1 fully saturated rings. The summed E-state index contributed by atoms with van der Waals surface area (Å²) in [6, 6.07) is 28.4. The van der Waals surface area contributed by atoms with Gasteiger partial charge in [0.25, 0.3) is 0 Å². The Balaban J connectivity index is 1.85. The Morgan fingerprint density at radius 1 is 0.702 bits per heavy atom. The SMILES string of the molecule is COc1ccc(C(OC[C@H]2O[C@@H](N=[N+]=[N-])[C@H](O[Si](C)(C)C(C)(C)C)[C@@H]2O[Si](C)(C)C(C)(C)C)(c2ccccc2)c2ccccc2)cc1. The summed E-state index contributed by atoms with van der Waals surface area (Å²) in [7, 11) is -3.03. The van der Waals surface area contributed by atoms with Crippen LogP contribution in [0.3, 0.4) is 0 Å². The lowest BCUT2D eigenvalue weighted by Gasteiger charge is -2.44. The van der Waals surface area contributed by atoms with Crippen molar-refractivity contribution < 1.29 is 23.1 Å². The lowest BCUT2D eigenvalue weighted by Crippen LogP contribution is -2.54. The first-order valence-electron chi connectivity index (χ1n) is 16.4. The van der Waals surface area contributed by atoms with Crippen LogP contribution in [-0.4, -0.2) is 54.9 Å². The molecule has 0 N–H and O–H groups in total.